The molecule has 2 heterocycles. The van der Waals surface area contributed by atoms with Gasteiger partial charge in [0.1, 0.15) is 5.69 Å². The van der Waals surface area contributed by atoms with Crippen molar-refractivity contribution in [3.05, 3.63) is 45.9 Å². The average molecular weight is 379 g/mol. The molecule has 1 aromatic carbocycles. The molecule has 1 N–H and O–H groups in total. The van der Waals surface area contributed by atoms with E-state index in [9.17, 15) is 9.59 Å². The molecule has 2 amide bonds. The highest BCUT2D eigenvalue weighted by Crippen LogP contribution is 2.21. The van der Waals surface area contributed by atoms with E-state index in [0.717, 1.165) is 19.5 Å². The second-order valence-corrected chi connectivity index (χ2v) is 7.42. The number of carbonyl (C=O) groups is 2. The van der Waals surface area contributed by atoms with Gasteiger partial charge in [-0.15, -0.1) is 11.3 Å². The molecule has 0 unspecified atom stereocenters. The number of nitrogens with zero attached hydrogens (tertiary/aromatic N) is 3. The summed E-state index contributed by atoms with van der Waals surface area (Å²) in [6.45, 7) is 1.85. The predicted octanol–water partition coefficient (Wildman–Crippen LogP) is 2.82. The molecule has 0 aliphatic carbocycles. The summed E-state index contributed by atoms with van der Waals surface area (Å²) in [5, 5.41) is 5.26. The highest BCUT2D eigenvalue weighted by Gasteiger charge is 2.28. The monoisotopic (exact) mass is 378 g/mol. The Morgan fingerprint density at radius 3 is 2.92 bits per heavy atom. The molecule has 0 saturated carbocycles. The van der Waals surface area contributed by atoms with Gasteiger partial charge in [-0.25, -0.2) is 4.98 Å². The van der Waals surface area contributed by atoms with E-state index < -0.39 is 0 Å². The third kappa shape index (κ3) is 4.18. The molecule has 3 rings (SSSR count). The standard InChI is InChI=1S/C17H19ClN4O2S/c1-21-7-6-13(9-21)22(2)16(24)14-10-25-17(19-14)20-15(23)11-4-3-5-12(18)8-11/h3-5,8,10,13H,6-7,9H2,1-2H3,(H,19,20,23)/t13-/m1/s1. The lowest BCUT2D eigenvalue weighted by atomic mass is 10.2. The summed E-state index contributed by atoms with van der Waals surface area (Å²) in [7, 11) is 3.85. The van der Waals surface area contributed by atoms with Crippen LogP contribution in [-0.2, 0) is 0 Å². The molecular weight excluding hydrogens is 360 g/mol. The van der Waals surface area contributed by atoms with Gasteiger partial charge in [-0.2, -0.15) is 0 Å². The summed E-state index contributed by atoms with van der Waals surface area (Å²) in [6.07, 6.45) is 0.960. The van der Waals surface area contributed by atoms with Gasteiger partial charge in [0, 0.05) is 35.6 Å². The third-order valence-electron chi connectivity index (χ3n) is 4.27. The van der Waals surface area contributed by atoms with Gasteiger partial charge < -0.3 is 9.80 Å². The number of nitrogens with one attached hydrogen (secondary N) is 1. The molecule has 132 valence electrons. The second-order valence-electron chi connectivity index (χ2n) is 6.12. The normalized spacial score (nSPS) is 17.5. The maximum absolute atomic E-state index is 12.6. The quantitative estimate of drug-likeness (QED) is 0.888. The van der Waals surface area contributed by atoms with Crippen molar-refractivity contribution in [3.8, 4) is 0 Å². The largest absolute Gasteiger partial charge is 0.336 e. The Balaban J connectivity index is 1.65. The van der Waals surface area contributed by atoms with Crippen LogP contribution in [-0.4, -0.2) is 59.8 Å². The van der Waals surface area contributed by atoms with E-state index >= 15 is 0 Å². The Morgan fingerprint density at radius 1 is 1.44 bits per heavy atom. The number of halogens is 1. The fourth-order valence-electron chi connectivity index (χ4n) is 2.80. The number of benzene rings is 1. The summed E-state index contributed by atoms with van der Waals surface area (Å²) in [5.74, 6) is -0.429. The number of anilines is 1. The summed E-state index contributed by atoms with van der Waals surface area (Å²) in [6, 6.07) is 6.87. The number of thiazole rings is 1. The molecule has 1 aliphatic rings. The van der Waals surface area contributed by atoms with Crippen molar-refractivity contribution >= 4 is 39.9 Å². The number of likely N-dealkylation sites (tertiary alicyclic amines) is 1. The Labute approximate surface area is 155 Å². The topological polar surface area (TPSA) is 65.5 Å². The smallest absolute Gasteiger partial charge is 0.273 e. The second kappa shape index (κ2) is 7.51. The number of carbonyl (C=O) groups excluding carboxylic acids is 2. The zero-order chi connectivity index (χ0) is 18.0. The van der Waals surface area contributed by atoms with Crippen LogP contribution in [0.3, 0.4) is 0 Å². The lowest BCUT2D eigenvalue weighted by Gasteiger charge is -2.23. The van der Waals surface area contributed by atoms with E-state index in [2.05, 4.69) is 15.2 Å². The van der Waals surface area contributed by atoms with Crippen LogP contribution in [0.25, 0.3) is 0 Å². The van der Waals surface area contributed by atoms with Gasteiger partial charge in [-0.05, 0) is 38.2 Å². The van der Waals surface area contributed by atoms with Gasteiger partial charge >= 0.3 is 0 Å². The molecule has 6 nitrogen and oxygen atoms in total. The van der Waals surface area contributed by atoms with Crippen molar-refractivity contribution in [2.45, 2.75) is 12.5 Å². The van der Waals surface area contributed by atoms with Crippen LogP contribution in [0.5, 0.6) is 0 Å². The van der Waals surface area contributed by atoms with Crippen LogP contribution in [0.4, 0.5) is 5.13 Å². The molecule has 1 fully saturated rings. The number of amides is 2. The van der Waals surface area contributed by atoms with Crippen LogP contribution in [0.2, 0.25) is 5.02 Å². The fourth-order valence-corrected chi connectivity index (χ4v) is 3.67. The minimum Gasteiger partial charge on any atom is -0.336 e. The first kappa shape index (κ1) is 17.8. The highest BCUT2D eigenvalue weighted by molar-refractivity contribution is 7.14. The van der Waals surface area contributed by atoms with E-state index in [1.165, 1.54) is 11.3 Å². The van der Waals surface area contributed by atoms with E-state index in [-0.39, 0.29) is 17.9 Å². The van der Waals surface area contributed by atoms with E-state index in [4.69, 9.17) is 11.6 Å². The first-order valence-corrected chi connectivity index (χ1v) is 9.18. The minimum absolute atomic E-state index is 0.125. The fraction of sp³-hybridized carbons (Fsp3) is 0.353. The molecule has 1 aliphatic heterocycles. The van der Waals surface area contributed by atoms with Crippen LogP contribution in [0.15, 0.2) is 29.6 Å². The van der Waals surface area contributed by atoms with Gasteiger partial charge in [-0.3, -0.25) is 14.9 Å². The van der Waals surface area contributed by atoms with Crippen LogP contribution >= 0.6 is 22.9 Å². The number of aromatic nitrogens is 1. The van der Waals surface area contributed by atoms with Gasteiger partial charge in [0.2, 0.25) is 0 Å². The average Bonchev–Trinajstić information content (AvgIpc) is 3.22. The molecule has 0 spiro atoms. The zero-order valence-corrected chi connectivity index (χ0v) is 15.6. The van der Waals surface area contributed by atoms with E-state index in [1.807, 2.05) is 7.05 Å². The van der Waals surface area contributed by atoms with Crippen molar-refractivity contribution < 1.29 is 9.59 Å². The minimum atomic E-state index is -0.304. The predicted molar refractivity (Wildman–Crippen MR) is 99.5 cm³/mol. The molecule has 0 radical (unpaired) electrons. The Hall–Kier alpha value is -1.96. The Morgan fingerprint density at radius 2 is 2.24 bits per heavy atom. The van der Waals surface area contributed by atoms with Crippen molar-refractivity contribution in [1.82, 2.24) is 14.8 Å². The summed E-state index contributed by atoms with van der Waals surface area (Å²) in [5.41, 5.74) is 0.796. The number of hydrogen-bond acceptors (Lipinski definition) is 5. The Kier molecular flexibility index (Phi) is 5.36. The maximum Gasteiger partial charge on any atom is 0.273 e. The third-order valence-corrected chi connectivity index (χ3v) is 5.26. The molecule has 8 heteroatoms. The van der Waals surface area contributed by atoms with Gasteiger partial charge in [0.15, 0.2) is 5.13 Å². The molecule has 1 atom stereocenters. The lowest BCUT2D eigenvalue weighted by molar-refractivity contribution is 0.0732. The molecule has 0 bridgehead atoms. The van der Waals surface area contributed by atoms with Gasteiger partial charge in [-0.1, -0.05) is 17.7 Å². The SMILES string of the molecule is CN1CC[C@@H](N(C)C(=O)c2csc(NC(=O)c3cccc(Cl)c3)n2)C1. The molecule has 2 aromatic rings. The number of likely N-dealkylation sites (N-methyl/N-ethyl adjacent to an activating group) is 2. The van der Waals surface area contributed by atoms with Gasteiger partial charge in [0.05, 0.1) is 0 Å². The summed E-state index contributed by atoms with van der Waals surface area (Å²) in [4.78, 5) is 33.0. The number of hydrogen-bond donors (Lipinski definition) is 1. The summed E-state index contributed by atoms with van der Waals surface area (Å²) < 4.78 is 0. The lowest BCUT2D eigenvalue weighted by Crippen LogP contribution is -2.38. The molecule has 1 aromatic heterocycles. The van der Waals surface area contributed by atoms with Crippen LogP contribution in [0.1, 0.15) is 27.3 Å². The number of rotatable bonds is 4. The van der Waals surface area contributed by atoms with E-state index in [1.54, 1.807) is 41.6 Å². The van der Waals surface area contributed by atoms with Crippen LogP contribution in [0, 0.1) is 0 Å². The highest BCUT2D eigenvalue weighted by atomic mass is 35.5. The molecule has 1 saturated heterocycles. The van der Waals surface area contributed by atoms with Gasteiger partial charge in [0.25, 0.3) is 11.8 Å². The Bertz CT molecular complexity index is 794. The zero-order valence-electron chi connectivity index (χ0n) is 14.0. The maximum atomic E-state index is 12.6. The van der Waals surface area contributed by atoms with E-state index in [0.29, 0.717) is 21.4 Å². The van der Waals surface area contributed by atoms with Crippen molar-refractivity contribution in [1.29, 1.82) is 0 Å². The van der Waals surface area contributed by atoms with Crippen molar-refractivity contribution in [2.24, 2.45) is 0 Å². The van der Waals surface area contributed by atoms with Crippen LogP contribution < -0.4 is 5.32 Å². The molecule has 25 heavy (non-hydrogen) atoms. The first-order chi connectivity index (χ1) is 11.9. The summed E-state index contributed by atoms with van der Waals surface area (Å²) >= 11 is 7.13. The van der Waals surface area contributed by atoms with Crippen molar-refractivity contribution in [3.63, 3.8) is 0 Å². The van der Waals surface area contributed by atoms with Crippen molar-refractivity contribution in [2.75, 3.05) is 32.5 Å². The molecular formula is C17H19ClN4O2S. The first-order valence-electron chi connectivity index (χ1n) is 7.92.